The largest absolute Gasteiger partial charge is 0.505 e. The van der Waals surface area contributed by atoms with Gasteiger partial charge in [0, 0.05) is 40.3 Å². The van der Waals surface area contributed by atoms with Crippen LogP contribution in [0.25, 0.3) is 10.8 Å². The Morgan fingerprint density at radius 1 is 0.800 bits per heavy atom. The van der Waals surface area contributed by atoms with Gasteiger partial charge in [0.2, 0.25) is 0 Å². The molecular formula is C18H16N2NaO7S2. The van der Waals surface area contributed by atoms with Crippen LogP contribution in [0, 0.1) is 13.8 Å². The molecule has 0 saturated carbocycles. The summed E-state index contributed by atoms with van der Waals surface area (Å²) in [5.41, 5.74) is 0.881. The number of aromatic hydroxyl groups is 1. The van der Waals surface area contributed by atoms with Crippen LogP contribution in [-0.4, -0.2) is 60.6 Å². The number of azo groups is 1. The first-order chi connectivity index (χ1) is 13.4. The minimum atomic E-state index is -4.56. The fraction of sp³-hybridized carbons (Fsp3) is 0.111. The van der Waals surface area contributed by atoms with Crippen molar-refractivity contribution in [3.8, 4) is 5.75 Å². The molecule has 0 spiro atoms. The maximum absolute atomic E-state index is 11.7. The zero-order valence-corrected chi connectivity index (χ0v) is 19.9. The predicted molar refractivity (Wildman–Crippen MR) is 111 cm³/mol. The summed E-state index contributed by atoms with van der Waals surface area (Å²) in [5.74, 6) is -0.407. The van der Waals surface area contributed by atoms with Gasteiger partial charge in [-0.25, -0.2) is 0 Å². The van der Waals surface area contributed by atoms with Crippen LogP contribution in [0.4, 0.5) is 11.4 Å². The van der Waals surface area contributed by atoms with Gasteiger partial charge in [0.1, 0.15) is 21.2 Å². The quantitative estimate of drug-likeness (QED) is 0.305. The Hall–Kier alpha value is -1.86. The second kappa shape index (κ2) is 8.71. The summed E-state index contributed by atoms with van der Waals surface area (Å²) in [4.78, 5) is -0.801. The van der Waals surface area contributed by atoms with Crippen molar-refractivity contribution in [2.45, 2.75) is 23.6 Å². The van der Waals surface area contributed by atoms with Crippen molar-refractivity contribution >= 4 is 71.9 Å². The molecule has 0 bridgehead atoms. The zero-order valence-electron chi connectivity index (χ0n) is 16.2. The monoisotopic (exact) mass is 459 g/mol. The number of rotatable bonds is 4. The number of hydrogen-bond donors (Lipinski definition) is 3. The molecule has 0 aliphatic carbocycles. The summed E-state index contributed by atoms with van der Waals surface area (Å²) in [6, 6.07) is 9.46. The molecule has 153 valence electrons. The molecule has 0 heterocycles. The van der Waals surface area contributed by atoms with E-state index in [9.17, 15) is 31.0 Å². The van der Waals surface area contributed by atoms with Crippen molar-refractivity contribution in [2.75, 3.05) is 0 Å². The minimum Gasteiger partial charge on any atom is -0.505 e. The average molecular weight is 459 g/mol. The molecule has 12 heteroatoms. The van der Waals surface area contributed by atoms with Gasteiger partial charge in [-0.05, 0) is 43.2 Å². The van der Waals surface area contributed by atoms with Crippen LogP contribution in [0.15, 0.2) is 62.5 Å². The predicted octanol–water partition coefficient (Wildman–Crippen LogP) is 3.69. The minimum absolute atomic E-state index is 0. The summed E-state index contributed by atoms with van der Waals surface area (Å²) in [6.07, 6.45) is 0. The SMILES string of the molecule is Cc1cc(C)c(N=Nc2ccc3c(S(=O)(=O)O)cccc3c2O)c(S(=O)(=O)O)c1.[Na]. The van der Waals surface area contributed by atoms with Gasteiger partial charge in [0.25, 0.3) is 20.2 Å². The number of hydrogen-bond acceptors (Lipinski definition) is 7. The summed E-state index contributed by atoms with van der Waals surface area (Å²) >= 11 is 0. The van der Waals surface area contributed by atoms with E-state index in [-0.39, 0.29) is 56.6 Å². The van der Waals surface area contributed by atoms with Crippen LogP contribution in [0.5, 0.6) is 5.75 Å². The number of phenolic OH excluding ortho intramolecular Hbond substituents is 1. The van der Waals surface area contributed by atoms with Crippen molar-refractivity contribution < 1.29 is 31.0 Å². The molecule has 3 N–H and O–H groups in total. The molecule has 0 unspecified atom stereocenters. The Morgan fingerprint density at radius 3 is 2.03 bits per heavy atom. The molecule has 0 atom stereocenters. The fourth-order valence-electron chi connectivity index (χ4n) is 2.96. The van der Waals surface area contributed by atoms with Gasteiger partial charge < -0.3 is 5.11 Å². The zero-order chi connectivity index (χ0) is 21.6. The van der Waals surface area contributed by atoms with E-state index >= 15 is 0 Å². The molecule has 0 aliphatic rings. The van der Waals surface area contributed by atoms with Gasteiger partial charge in [0.05, 0.1) is 0 Å². The molecule has 0 aliphatic heterocycles. The maximum Gasteiger partial charge on any atom is 0.296 e. The van der Waals surface area contributed by atoms with Crippen LogP contribution < -0.4 is 0 Å². The van der Waals surface area contributed by atoms with Crippen LogP contribution in [0.3, 0.4) is 0 Å². The average Bonchev–Trinajstić information content (AvgIpc) is 2.60. The molecule has 0 saturated heterocycles. The van der Waals surface area contributed by atoms with E-state index in [0.717, 1.165) is 0 Å². The molecule has 30 heavy (non-hydrogen) atoms. The molecule has 1 radical (unpaired) electrons. The number of benzene rings is 3. The molecule has 3 aromatic rings. The second-order valence-corrected chi connectivity index (χ2v) is 9.14. The topological polar surface area (TPSA) is 154 Å². The van der Waals surface area contributed by atoms with Crippen molar-refractivity contribution in [1.82, 2.24) is 0 Å². The van der Waals surface area contributed by atoms with Gasteiger partial charge in [-0.1, -0.05) is 24.3 Å². The molecular weight excluding hydrogens is 443 g/mol. The van der Waals surface area contributed by atoms with E-state index in [1.807, 2.05) is 0 Å². The third-order valence-corrected chi connectivity index (χ3v) is 5.97. The van der Waals surface area contributed by atoms with Gasteiger partial charge in [-0.15, -0.1) is 10.2 Å². The van der Waals surface area contributed by atoms with E-state index in [1.165, 1.54) is 36.4 Å². The molecule has 3 rings (SSSR count). The van der Waals surface area contributed by atoms with Gasteiger partial charge >= 0.3 is 0 Å². The van der Waals surface area contributed by atoms with Crippen molar-refractivity contribution in [3.63, 3.8) is 0 Å². The maximum atomic E-state index is 11.7. The van der Waals surface area contributed by atoms with E-state index in [1.54, 1.807) is 19.9 Å². The summed E-state index contributed by atoms with van der Waals surface area (Å²) in [7, 11) is -9.07. The second-order valence-electron chi connectivity index (χ2n) is 6.36. The smallest absolute Gasteiger partial charge is 0.296 e. The Kier molecular flexibility index (Phi) is 7.09. The van der Waals surface area contributed by atoms with Crippen LogP contribution in [0.1, 0.15) is 11.1 Å². The van der Waals surface area contributed by atoms with E-state index in [2.05, 4.69) is 10.2 Å². The Bertz CT molecular complexity index is 1390. The molecule has 3 aromatic carbocycles. The summed E-state index contributed by atoms with van der Waals surface area (Å²) in [6.45, 7) is 3.25. The van der Waals surface area contributed by atoms with Crippen molar-refractivity contribution in [2.24, 2.45) is 10.2 Å². The van der Waals surface area contributed by atoms with Crippen LogP contribution in [0.2, 0.25) is 0 Å². The third-order valence-electron chi connectivity index (χ3n) is 4.20. The molecule has 0 fully saturated rings. The number of fused-ring (bicyclic) bond motifs is 1. The van der Waals surface area contributed by atoms with Crippen molar-refractivity contribution in [3.05, 3.63) is 53.6 Å². The Labute approximate surface area is 195 Å². The standard InChI is InChI=1S/C18H16N2O7S2.Na/c1-10-8-11(2)17(16(9-10)29(25,26)27)20-19-14-7-6-12-13(18(14)21)4-3-5-15(12)28(22,23)24;/h3-9,21H,1-2H3,(H,22,23,24)(H,25,26,27);. The first-order valence-electron chi connectivity index (χ1n) is 8.12. The summed E-state index contributed by atoms with van der Waals surface area (Å²) < 4.78 is 65.1. The van der Waals surface area contributed by atoms with E-state index < -0.39 is 30.9 Å². The van der Waals surface area contributed by atoms with E-state index in [4.69, 9.17) is 0 Å². The molecule has 0 amide bonds. The molecule has 9 nitrogen and oxygen atoms in total. The Morgan fingerprint density at radius 2 is 1.43 bits per heavy atom. The third kappa shape index (κ3) is 4.89. The van der Waals surface area contributed by atoms with Gasteiger partial charge in [-0.3, -0.25) is 9.11 Å². The number of phenols is 1. The summed E-state index contributed by atoms with van der Waals surface area (Å²) in [5, 5.41) is 18.4. The normalized spacial score (nSPS) is 12.3. The first-order valence-corrected chi connectivity index (χ1v) is 11.0. The van der Waals surface area contributed by atoms with Crippen molar-refractivity contribution in [1.29, 1.82) is 0 Å². The van der Waals surface area contributed by atoms with Crippen LogP contribution in [-0.2, 0) is 20.2 Å². The van der Waals surface area contributed by atoms with E-state index in [0.29, 0.717) is 11.1 Å². The molecule has 0 aromatic heterocycles. The van der Waals surface area contributed by atoms with Crippen LogP contribution >= 0.6 is 0 Å². The number of aryl methyl sites for hydroxylation is 2. The Balaban J connectivity index is 0.00000320. The fourth-order valence-corrected chi connectivity index (χ4v) is 4.44. The first kappa shape index (κ1) is 24.4. The number of nitrogens with zero attached hydrogens (tertiary/aromatic N) is 2. The van der Waals surface area contributed by atoms with Gasteiger partial charge in [0.15, 0.2) is 5.75 Å². The van der Waals surface area contributed by atoms with Gasteiger partial charge in [-0.2, -0.15) is 16.8 Å².